The summed E-state index contributed by atoms with van der Waals surface area (Å²) in [6.07, 6.45) is 3.07. The van der Waals surface area contributed by atoms with Crippen molar-refractivity contribution >= 4 is 5.91 Å². The quantitative estimate of drug-likeness (QED) is 0.670. The van der Waals surface area contributed by atoms with Gasteiger partial charge in [0.2, 0.25) is 5.91 Å². The molecule has 0 aromatic carbocycles. The van der Waals surface area contributed by atoms with E-state index >= 15 is 0 Å². The maximum absolute atomic E-state index is 11.4. The minimum atomic E-state index is -0.436. The largest absolute Gasteiger partial charge is 0.368 e. The van der Waals surface area contributed by atoms with Gasteiger partial charge >= 0.3 is 0 Å². The smallest absolute Gasteiger partial charge is 0.238 e. The molecule has 1 fully saturated rings. The minimum Gasteiger partial charge on any atom is -0.368 e. The Morgan fingerprint density at radius 1 is 1.62 bits per heavy atom. The van der Waals surface area contributed by atoms with E-state index in [0.29, 0.717) is 12.0 Å². The molecule has 1 atom stereocenters. The molecular formula is C10H20N2O. The van der Waals surface area contributed by atoms with Crippen LogP contribution in [0, 0.1) is 5.92 Å². The Morgan fingerprint density at radius 3 is 2.38 bits per heavy atom. The third-order valence-corrected chi connectivity index (χ3v) is 2.82. The van der Waals surface area contributed by atoms with Gasteiger partial charge in [-0.25, -0.2) is 0 Å². The highest BCUT2D eigenvalue weighted by Crippen LogP contribution is 2.41. The molecule has 0 aliphatic heterocycles. The van der Waals surface area contributed by atoms with Gasteiger partial charge in [0.1, 0.15) is 5.54 Å². The zero-order chi connectivity index (χ0) is 10.1. The number of carbonyl (C=O) groups is 1. The second kappa shape index (κ2) is 3.66. The Labute approximate surface area is 80.1 Å². The van der Waals surface area contributed by atoms with Crippen LogP contribution in [0.25, 0.3) is 0 Å². The Morgan fingerprint density at radius 2 is 2.15 bits per heavy atom. The molecule has 1 amide bonds. The first-order valence-electron chi connectivity index (χ1n) is 5.10. The highest BCUT2D eigenvalue weighted by atomic mass is 16.1. The number of carbonyl (C=O) groups excluding carboxylic acids is 1. The van der Waals surface area contributed by atoms with E-state index in [-0.39, 0.29) is 5.91 Å². The van der Waals surface area contributed by atoms with E-state index in [1.807, 2.05) is 6.92 Å². The molecule has 0 aromatic heterocycles. The fourth-order valence-electron chi connectivity index (χ4n) is 2.05. The normalized spacial score (nSPS) is 21.5. The average molecular weight is 184 g/mol. The van der Waals surface area contributed by atoms with Gasteiger partial charge in [-0.3, -0.25) is 4.79 Å². The molecule has 3 N–H and O–H groups in total. The molecule has 76 valence electrons. The number of nitrogens with one attached hydrogen (secondary N) is 1. The number of nitrogens with two attached hydrogens (primary N) is 1. The molecule has 1 unspecified atom stereocenters. The maximum Gasteiger partial charge on any atom is 0.238 e. The van der Waals surface area contributed by atoms with Crippen molar-refractivity contribution in [3.8, 4) is 0 Å². The van der Waals surface area contributed by atoms with E-state index in [0.717, 1.165) is 19.3 Å². The number of hydrogen-bond donors (Lipinski definition) is 2. The van der Waals surface area contributed by atoms with E-state index in [9.17, 15) is 4.79 Å². The van der Waals surface area contributed by atoms with Crippen LogP contribution in [0.3, 0.4) is 0 Å². The molecule has 1 rings (SSSR count). The number of rotatable bonds is 5. The van der Waals surface area contributed by atoms with Crippen LogP contribution in [0.5, 0.6) is 0 Å². The zero-order valence-electron chi connectivity index (χ0n) is 8.76. The van der Waals surface area contributed by atoms with E-state index in [4.69, 9.17) is 5.73 Å². The Hall–Kier alpha value is -0.570. The summed E-state index contributed by atoms with van der Waals surface area (Å²) in [5, 5.41) is 3.33. The maximum atomic E-state index is 11.4. The first-order valence-corrected chi connectivity index (χ1v) is 5.10. The summed E-state index contributed by atoms with van der Waals surface area (Å²) < 4.78 is 0. The molecule has 1 aliphatic carbocycles. The molecule has 0 spiro atoms. The van der Waals surface area contributed by atoms with Gasteiger partial charge in [-0.2, -0.15) is 0 Å². The van der Waals surface area contributed by atoms with Crippen LogP contribution in [0.2, 0.25) is 0 Å². The van der Waals surface area contributed by atoms with Gasteiger partial charge in [0, 0.05) is 6.04 Å². The Balaban J connectivity index is 2.75. The highest BCUT2D eigenvalue weighted by molar-refractivity contribution is 5.85. The molecule has 0 saturated heterocycles. The van der Waals surface area contributed by atoms with Crippen molar-refractivity contribution in [2.45, 2.75) is 51.6 Å². The summed E-state index contributed by atoms with van der Waals surface area (Å²) in [5.41, 5.74) is 5.03. The molecule has 0 bridgehead atoms. The SMILES string of the molecule is CCC(NC(C)C)(C(N)=O)C1CC1. The number of hydrogen-bond acceptors (Lipinski definition) is 2. The van der Waals surface area contributed by atoms with E-state index in [2.05, 4.69) is 19.2 Å². The van der Waals surface area contributed by atoms with Crippen LogP contribution >= 0.6 is 0 Å². The number of primary amides is 1. The molecular weight excluding hydrogens is 164 g/mol. The predicted octanol–water partition coefficient (Wildman–Crippen LogP) is 1.03. The molecule has 13 heavy (non-hydrogen) atoms. The molecule has 3 nitrogen and oxygen atoms in total. The lowest BCUT2D eigenvalue weighted by Crippen LogP contribution is -2.58. The minimum absolute atomic E-state index is 0.189. The van der Waals surface area contributed by atoms with Crippen molar-refractivity contribution in [3.63, 3.8) is 0 Å². The summed E-state index contributed by atoms with van der Waals surface area (Å²) in [5.74, 6) is 0.281. The van der Waals surface area contributed by atoms with Crippen molar-refractivity contribution < 1.29 is 4.79 Å². The van der Waals surface area contributed by atoms with Crippen LogP contribution in [-0.4, -0.2) is 17.5 Å². The third-order valence-electron chi connectivity index (χ3n) is 2.82. The van der Waals surface area contributed by atoms with Gasteiger partial charge in [0.05, 0.1) is 0 Å². The second-order valence-electron chi connectivity index (χ2n) is 4.26. The van der Waals surface area contributed by atoms with Crippen molar-refractivity contribution in [1.82, 2.24) is 5.32 Å². The lowest BCUT2D eigenvalue weighted by molar-refractivity contribution is -0.125. The fourth-order valence-corrected chi connectivity index (χ4v) is 2.05. The summed E-state index contributed by atoms with van der Waals surface area (Å²) >= 11 is 0. The standard InChI is InChI=1S/C10H20N2O/c1-4-10(9(11)13,8-5-6-8)12-7(2)3/h7-8,12H,4-6H2,1-3H3,(H2,11,13). The lowest BCUT2D eigenvalue weighted by Gasteiger charge is -2.33. The summed E-state index contributed by atoms with van der Waals surface area (Å²) in [6.45, 7) is 6.13. The van der Waals surface area contributed by atoms with E-state index < -0.39 is 5.54 Å². The number of amides is 1. The van der Waals surface area contributed by atoms with Crippen LogP contribution in [0.4, 0.5) is 0 Å². The first-order chi connectivity index (χ1) is 6.03. The summed E-state index contributed by atoms with van der Waals surface area (Å²) in [7, 11) is 0. The summed E-state index contributed by atoms with van der Waals surface area (Å²) in [4.78, 5) is 11.4. The van der Waals surface area contributed by atoms with Crippen molar-refractivity contribution in [2.24, 2.45) is 11.7 Å². The zero-order valence-corrected chi connectivity index (χ0v) is 8.76. The van der Waals surface area contributed by atoms with Crippen molar-refractivity contribution in [1.29, 1.82) is 0 Å². The molecule has 0 aromatic rings. The second-order valence-corrected chi connectivity index (χ2v) is 4.26. The third kappa shape index (κ3) is 2.02. The van der Waals surface area contributed by atoms with Gasteiger partial charge in [0.15, 0.2) is 0 Å². The fraction of sp³-hybridized carbons (Fsp3) is 0.900. The topological polar surface area (TPSA) is 55.1 Å². The average Bonchev–Trinajstić information content (AvgIpc) is 2.81. The van der Waals surface area contributed by atoms with E-state index in [1.165, 1.54) is 0 Å². The molecule has 0 radical (unpaired) electrons. The van der Waals surface area contributed by atoms with Gasteiger partial charge < -0.3 is 11.1 Å². The lowest BCUT2D eigenvalue weighted by atomic mass is 9.88. The van der Waals surface area contributed by atoms with Crippen molar-refractivity contribution in [2.75, 3.05) is 0 Å². The Kier molecular flexibility index (Phi) is 2.96. The van der Waals surface area contributed by atoms with E-state index in [1.54, 1.807) is 0 Å². The molecule has 1 aliphatic rings. The van der Waals surface area contributed by atoms with Crippen molar-refractivity contribution in [3.05, 3.63) is 0 Å². The van der Waals surface area contributed by atoms with Gasteiger partial charge in [-0.15, -0.1) is 0 Å². The first kappa shape index (κ1) is 10.5. The molecule has 1 saturated carbocycles. The van der Waals surface area contributed by atoms with Crippen LogP contribution < -0.4 is 11.1 Å². The van der Waals surface area contributed by atoms with Crippen LogP contribution in [0.1, 0.15) is 40.0 Å². The summed E-state index contributed by atoms with van der Waals surface area (Å²) in [6, 6.07) is 0.313. The van der Waals surface area contributed by atoms with Crippen LogP contribution in [0.15, 0.2) is 0 Å². The monoisotopic (exact) mass is 184 g/mol. The van der Waals surface area contributed by atoms with Gasteiger partial charge in [0.25, 0.3) is 0 Å². The Bertz CT molecular complexity index is 199. The highest BCUT2D eigenvalue weighted by Gasteiger charge is 2.48. The van der Waals surface area contributed by atoms with Crippen LogP contribution in [-0.2, 0) is 4.79 Å². The molecule has 0 heterocycles. The molecule has 3 heteroatoms. The predicted molar refractivity (Wildman–Crippen MR) is 53.2 cm³/mol. The van der Waals surface area contributed by atoms with Gasteiger partial charge in [-0.1, -0.05) is 6.92 Å². The van der Waals surface area contributed by atoms with Gasteiger partial charge in [-0.05, 0) is 39.0 Å².